The summed E-state index contributed by atoms with van der Waals surface area (Å²) >= 11 is 12.0. The third kappa shape index (κ3) is 6.12. The van der Waals surface area contributed by atoms with Gasteiger partial charge in [0.05, 0.1) is 11.7 Å². The number of amides is 1. The Kier molecular flexibility index (Phi) is 8.20. The molecule has 0 saturated carbocycles. The van der Waals surface area contributed by atoms with Gasteiger partial charge in [0.1, 0.15) is 0 Å². The second-order valence-corrected chi connectivity index (χ2v) is 9.50. The van der Waals surface area contributed by atoms with E-state index in [1.165, 1.54) is 10.4 Å². The maximum Gasteiger partial charge on any atom is 0.224 e. The highest BCUT2D eigenvalue weighted by atomic mass is 35.5. The third-order valence-electron chi connectivity index (χ3n) is 4.58. The Morgan fingerprint density at radius 2 is 2.08 bits per heavy atom. The molecule has 5 nitrogen and oxygen atoms in total. The summed E-state index contributed by atoms with van der Waals surface area (Å²) in [4.78, 5) is 12.3. The largest absolute Gasteiger partial charge is 0.356 e. The zero-order valence-electron chi connectivity index (χ0n) is 15.0. The van der Waals surface area contributed by atoms with E-state index in [1.54, 1.807) is 12.1 Å². The zero-order valence-corrected chi connectivity index (χ0v) is 17.3. The van der Waals surface area contributed by atoms with Crippen LogP contribution in [0.25, 0.3) is 0 Å². The molecule has 146 valence electrons. The highest BCUT2D eigenvalue weighted by Gasteiger charge is 2.32. The van der Waals surface area contributed by atoms with Gasteiger partial charge in [-0.1, -0.05) is 49.0 Å². The molecule has 1 atom stereocenters. The topological polar surface area (TPSA) is 66.5 Å². The quantitative estimate of drug-likeness (QED) is 0.649. The SMILES string of the molecule is CCCCCNC(=O)[C@H]1CCCN(S(=O)(=O)Cc2ccc(Cl)cc2Cl)C1. The molecule has 1 N–H and O–H groups in total. The lowest BCUT2D eigenvalue weighted by atomic mass is 9.99. The first-order valence-electron chi connectivity index (χ1n) is 9.03. The van der Waals surface area contributed by atoms with Crippen molar-refractivity contribution in [1.29, 1.82) is 0 Å². The number of sulfonamides is 1. The van der Waals surface area contributed by atoms with Crippen molar-refractivity contribution < 1.29 is 13.2 Å². The summed E-state index contributed by atoms with van der Waals surface area (Å²) in [7, 11) is -3.54. The van der Waals surface area contributed by atoms with Crippen molar-refractivity contribution in [2.24, 2.45) is 5.92 Å². The van der Waals surface area contributed by atoms with Crippen LogP contribution in [-0.2, 0) is 20.6 Å². The normalized spacial score (nSPS) is 18.7. The van der Waals surface area contributed by atoms with Gasteiger partial charge in [0.25, 0.3) is 0 Å². The summed E-state index contributed by atoms with van der Waals surface area (Å²) in [6, 6.07) is 4.79. The Morgan fingerprint density at radius 3 is 2.77 bits per heavy atom. The Labute approximate surface area is 166 Å². The Hall–Kier alpha value is -0.820. The minimum atomic E-state index is -3.54. The number of piperidine rings is 1. The molecule has 0 radical (unpaired) electrons. The van der Waals surface area contributed by atoms with Gasteiger partial charge in [0, 0.05) is 29.7 Å². The summed E-state index contributed by atoms with van der Waals surface area (Å²) in [6.07, 6.45) is 4.52. The van der Waals surface area contributed by atoms with Crippen LogP contribution >= 0.6 is 23.2 Å². The first-order valence-corrected chi connectivity index (χ1v) is 11.4. The zero-order chi connectivity index (χ0) is 19.2. The molecule has 1 aromatic rings. The fourth-order valence-electron chi connectivity index (χ4n) is 3.07. The summed E-state index contributed by atoms with van der Waals surface area (Å²) in [6.45, 7) is 3.43. The minimum Gasteiger partial charge on any atom is -0.356 e. The molecule has 0 aromatic heterocycles. The smallest absolute Gasteiger partial charge is 0.224 e. The van der Waals surface area contributed by atoms with Crippen LogP contribution in [0.2, 0.25) is 10.0 Å². The van der Waals surface area contributed by atoms with Gasteiger partial charge in [-0.2, -0.15) is 0 Å². The second-order valence-electron chi connectivity index (χ2n) is 6.69. The fourth-order valence-corrected chi connectivity index (χ4v) is 5.26. The van der Waals surface area contributed by atoms with Crippen LogP contribution in [0.1, 0.15) is 44.6 Å². The molecule has 1 aliphatic rings. The van der Waals surface area contributed by atoms with E-state index >= 15 is 0 Å². The number of hydrogen-bond acceptors (Lipinski definition) is 3. The molecule has 1 heterocycles. The van der Waals surface area contributed by atoms with Crippen LogP contribution in [-0.4, -0.2) is 38.3 Å². The summed E-state index contributed by atoms with van der Waals surface area (Å²) in [5, 5.41) is 3.73. The first-order chi connectivity index (χ1) is 12.3. The van der Waals surface area contributed by atoms with E-state index in [9.17, 15) is 13.2 Å². The van der Waals surface area contributed by atoms with Crippen molar-refractivity contribution >= 4 is 39.1 Å². The molecule has 0 spiro atoms. The Balaban J connectivity index is 1.97. The van der Waals surface area contributed by atoms with Crippen molar-refractivity contribution in [2.75, 3.05) is 19.6 Å². The fraction of sp³-hybridized carbons (Fsp3) is 0.611. The number of halogens is 2. The average Bonchev–Trinajstić information content (AvgIpc) is 2.61. The molecule has 1 aliphatic heterocycles. The predicted molar refractivity (Wildman–Crippen MR) is 106 cm³/mol. The number of rotatable bonds is 8. The lowest BCUT2D eigenvalue weighted by Gasteiger charge is -2.31. The van der Waals surface area contributed by atoms with Gasteiger partial charge in [-0.15, -0.1) is 0 Å². The highest BCUT2D eigenvalue weighted by molar-refractivity contribution is 7.88. The van der Waals surface area contributed by atoms with Crippen LogP contribution < -0.4 is 5.32 Å². The summed E-state index contributed by atoms with van der Waals surface area (Å²) in [5.41, 5.74) is 0.516. The molecule has 26 heavy (non-hydrogen) atoms. The molecule has 1 saturated heterocycles. The average molecular weight is 421 g/mol. The van der Waals surface area contributed by atoms with E-state index in [0.29, 0.717) is 41.5 Å². The summed E-state index contributed by atoms with van der Waals surface area (Å²) in [5.74, 6) is -0.528. The molecule has 1 amide bonds. The minimum absolute atomic E-state index is 0.0504. The lowest BCUT2D eigenvalue weighted by Crippen LogP contribution is -2.45. The van der Waals surface area contributed by atoms with E-state index in [2.05, 4.69) is 12.2 Å². The van der Waals surface area contributed by atoms with E-state index in [1.807, 2.05) is 0 Å². The number of nitrogens with one attached hydrogen (secondary N) is 1. The van der Waals surface area contributed by atoms with Gasteiger partial charge >= 0.3 is 0 Å². The number of hydrogen-bond donors (Lipinski definition) is 1. The van der Waals surface area contributed by atoms with Crippen LogP contribution in [0.5, 0.6) is 0 Å². The molecular formula is C18H26Cl2N2O3S. The van der Waals surface area contributed by atoms with Crippen molar-refractivity contribution in [1.82, 2.24) is 9.62 Å². The number of unbranched alkanes of at least 4 members (excludes halogenated alkanes) is 2. The van der Waals surface area contributed by atoms with Gasteiger partial charge < -0.3 is 5.32 Å². The number of carbonyl (C=O) groups is 1. The maximum absolute atomic E-state index is 12.8. The lowest BCUT2D eigenvalue weighted by molar-refractivity contribution is -0.126. The second kappa shape index (κ2) is 9.93. The van der Waals surface area contributed by atoms with Crippen LogP contribution in [0.15, 0.2) is 18.2 Å². The van der Waals surface area contributed by atoms with Crippen molar-refractivity contribution in [3.63, 3.8) is 0 Å². The standard InChI is InChI=1S/C18H26Cl2N2O3S/c1-2-3-4-9-21-18(23)14-6-5-10-22(12-14)26(24,25)13-15-7-8-16(19)11-17(15)20/h7-8,11,14H,2-6,9-10,12-13H2,1H3,(H,21,23)/t14-/m0/s1. The monoisotopic (exact) mass is 420 g/mol. The maximum atomic E-state index is 12.8. The van der Waals surface area contributed by atoms with E-state index in [4.69, 9.17) is 23.2 Å². The van der Waals surface area contributed by atoms with Crippen LogP contribution in [0.3, 0.4) is 0 Å². The number of nitrogens with zero attached hydrogens (tertiary/aromatic N) is 1. The molecule has 2 rings (SSSR count). The molecular weight excluding hydrogens is 395 g/mol. The number of benzene rings is 1. The van der Waals surface area contributed by atoms with Crippen LogP contribution in [0, 0.1) is 5.92 Å². The van der Waals surface area contributed by atoms with Crippen LogP contribution in [0.4, 0.5) is 0 Å². The third-order valence-corrected chi connectivity index (χ3v) is 6.96. The molecule has 0 unspecified atom stereocenters. The van der Waals surface area contributed by atoms with Crippen molar-refractivity contribution in [3.05, 3.63) is 33.8 Å². The molecule has 0 aliphatic carbocycles. The van der Waals surface area contributed by atoms with Gasteiger partial charge in [0.2, 0.25) is 15.9 Å². The number of carbonyl (C=O) groups excluding carboxylic acids is 1. The molecule has 1 fully saturated rings. The first kappa shape index (κ1) is 21.5. The molecule has 1 aromatic carbocycles. The van der Waals surface area contributed by atoms with E-state index < -0.39 is 10.0 Å². The van der Waals surface area contributed by atoms with Gasteiger partial charge in [0.15, 0.2) is 0 Å². The van der Waals surface area contributed by atoms with Gasteiger partial charge in [-0.25, -0.2) is 12.7 Å². The van der Waals surface area contributed by atoms with E-state index in [-0.39, 0.29) is 24.1 Å². The van der Waals surface area contributed by atoms with Gasteiger partial charge in [-0.3, -0.25) is 4.79 Å². The van der Waals surface area contributed by atoms with Crippen molar-refractivity contribution in [2.45, 2.75) is 44.8 Å². The van der Waals surface area contributed by atoms with Gasteiger partial charge in [-0.05, 0) is 37.0 Å². The molecule has 0 bridgehead atoms. The molecule has 8 heteroatoms. The highest BCUT2D eigenvalue weighted by Crippen LogP contribution is 2.26. The predicted octanol–water partition coefficient (Wildman–Crippen LogP) is 3.84. The Morgan fingerprint density at radius 1 is 1.31 bits per heavy atom. The van der Waals surface area contributed by atoms with Crippen molar-refractivity contribution in [3.8, 4) is 0 Å². The Bertz CT molecular complexity index is 725. The van der Waals surface area contributed by atoms with E-state index in [0.717, 1.165) is 19.3 Å². The summed E-state index contributed by atoms with van der Waals surface area (Å²) < 4.78 is 26.9.